The lowest BCUT2D eigenvalue weighted by atomic mass is 9.71. The molecule has 33 heavy (non-hydrogen) atoms. The second-order valence-electron chi connectivity index (χ2n) is 10.6. The number of rotatable bonds is 10. The molecule has 0 spiro atoms. The molecule has 188 valence electrons. The molecule has 0 fully saturated rings. The van der Waals surface area contributed by atoms with Crippen molar-refractivity contribution < 1.29 is 9.59 Å². The molecular formula is C29H50N2O2. The Kier molecular flexibility index (Phi) is 14.0. The molecule has 1 aromatic carbocycles. The second-order valence-corrected chi connectivity index (χ2v) is 10.6. The van der Waals surface area contributed by atoms with Gasteiger partial charge in [0.05, 0.1) is 12.6 Å². The summed E-state index contributed by atoms with van der Waals surface area (Å²) >= 11 is 0. The van der Waals surface area contributed by atoms with E-state index in [0.717, 1.165) is 17.9 Å². The third-order valence-corrected chi connectivity index (χ3v) is 6.06. The molecule has 0 aliphatic rings. The van der Waals surface area contributed by atoms with Gasteiger partial charge >= 0.3 is 0 Å². The Bertz CT molecular complexity index is 732. The number of hydrogen-bond donors (Lipinski definition) is 1. The zero-order valence-electron chi connectivity index (χ0n) is 23.2. The van der Waals surface area contributed by atoms with Crippen LogP contribution in [0.15, 0.2) is 42.0 Å². The summed E-state index contributed by atoms with van der Waals surface area (Å²) in [6, 6.07) is 10.1. The van der Waals surface area contributed by atoms with E-state index < -0.39 is 0 Å². The molecule has 4 heteroatoms. The fraction of sp³-hybridized carbons (Fsp3) is 0.655. The summed E-state index contributed by atoms with van der Waals surface area (Å²) in [4.78, 5) is 27.5. The van der Waals surface area contributed by atoms with Crippen molar-refractivity contribution in [2.45, 2.75) is 93.5 Å². The predicted octanol–water partition coefficient (Wildman–Crippen LogP) is 6.61. The number of carbonyl (C=O) groups is 2. The average Bonchev–Trinajstić information content (AvgIpc) is 2.75. The largest absolute Gasteiger partial charge is 0.347 e. The summed E-state index contributed by atoms with van der Waals surface area (Å²) in [7, 11) is 1.82. The van der Waals surface area contributed by atoms with Gasteiger partial charge < -0.3 is 10.2 Å². The summed E-state index contributed by atoms with van der Waals surface area (Å²) in [5.41, 5.74) is 2.09. The monoisotopic (exact) mass is 458 g/mol. The topological polar surface area (TPSA) is 49.4 Å². The van der Waals surface area contributed by atoms with E-state index in [1.807, 2.05) is 32.2 Å². The molecule has 2 atom stereocenters. The minimum absolute atomic E-state index is 0.0267. The van der Waals surface area contributed by atoms with Gasteiger partial charge in [-0.2, -0.15) is 0 Å². The van der Waals surface area contributed by atoms with Gasteiger partial charge in [0.15, 0.2) is 0 Å². The van der Waals surface area contributed by atoms with Crippen molar-refractivity contribution in [3.8, 4) is 0 Å². The van der Waals surface area contributed by atoms with E-state index in [0.29, 0.717) is 12.3 Å². The van der Waals surface area contributed by atoms with Crippen LogP contribution in [0, 0.1) is 17.8 Å². The fourth-order valence-corrected chi connectivity index (χ4v) is 3.83. The van der Waals surface area contributed by atoms with E-state index in [2.05, 4.69) is 85.8 Å². The first-order valence-electron chi connectivity index (χ1n) is 12.6. The van der Waals surface area contributed by atoms with Crippen molar-refractivity contribution in [3.05, 3.63) is 47.5 Å². The molecule has 0 bridgehead atoms. The van der Waals surface area contributed by atoms with Gasteiger partial charge in [0.25, 0.3) is 0 Å². The maximum absolute atomic E-state index is 13.0. The predicted molar refractivity (Wildman–Crippen MR) is 142 cm³/mol. The maximum atomic E-state index is 13.0. The molecule has 0 aromatic heterocycles. The molecule has 0 aliphatic heterocycles. The van der Waals surface area contributed by atoms with Gasteiger partial charge in [-0.1, -0.05) is 104 Å². The van der Waals surface area contributed by atoms with E-state index in [1.165, 1.54) is 5.57 Å². The fourth-order valence-electron chi connectivity index (χ4n) is 3.83. The third kappa shape index (κ3) is 10.6. The molecular weight excluding hydrogens is 408 g/mol. The number of amides is 2. The number of allylic oxidation sites excluding steroid dienone is 1. The van der Waals surface area contributed by atoms with Crippen LogP contribution in [0.1, 0.15) is 87.6 Å². The SMILES string of the molecule is CC(C)C.CC/C(C)=C/[C@H](C(C)C)N(C)C(=O)CNC(=O)[C@@H](CC)C(C)(C)c1ccccc1. The average molecular weight is 459 g/mol. The van der Waals surface area contributed by atoms with Gasteiger partial charge in [0.1, 0.15) is 0 Å². The van der Waals surface area contributed by atoms with Crippen molar-refractivity contribution in [3.63, 3.8) is 0 Å². The highest BCUT2D eigenvalue weighted by Crippen LogP contribution is 2.33. The molecule has 2 amide bonds. The molecule has 0 radical (unpaired) electrons. The summed E-state index contributed by atoms with van der Waals surface area (Å²) in [5.74, 6) is 0.807. The minimum Gasteiger partial charge on any atom is -0.347 e. The highest BCUT2D eigenvalue weighted by molar-refractivity contribution is 5.86. The highest BCUT2D eigenvalue weighted by Gasteiger charge is 2.35. The molecule has 0 saturated heterocycles. The van der Waals surface area contributed by atoms with Crippen LogP contribution in [-0.4, -0.2) is 36.3 Å². The van der Waals surface area contributed by atoms with Gasteiger partial charge in [-0.15, -0.1) is 0 Å². The smallest absolute Gasteiger partial charge is 0.242 e. The van der Waals surface area contributed by atoms with E-state index in [9.17, 15) is 9.59 Å². The van der Waals surface area contributed by atoms with Gasteiger partial charge in [-0.25, -0.2) is 0 Å². The van der Waals surface area contributed by atoms with Crippen LogP contribution >= 0.6 is 0 Å². The second kappa shape index (κ2) is 14.9. The van der Waals surface area contributed by atoms with E-state index >= 15 is 0 Å². The number of nitrogens with zero attached hydrogens (tertiary/aromatic N) is 1. The maximum Gasteiger partial charge on any atom is 0.242 e. The molecule has 1 rings (SSSR count). The Morgan fingerprint density at radius 2 is 1.55 bits per heavy atom. The van der Waals surface area contributed by atoms with Gasteiger partial charge in [0.2, 0.25) is 11.8 Å². The van der Waals surface area contributed by atoms with Crippen LogP contribution < -0.4 is 5.32 Å². The molecule has 1 aromatic rings. The molecule has 0 unspecified atom stereocenters. The first-order valence-corrected chi connectivity index (χ1v) is 12.6. The van der Waals surface area contributed by atoms with E-state index in [1.54, 1.807) is 4.90 Å². The van der Waals surface area contributed by atoms with Crippen LogP contribution in [0.25, 0.3) is 0 Å². The number of benzene rings is 1. The lowest BCUT2D eigenvalue weighted by molar-refractivity contribution is -0.135. The Morgan fingerprint density at radius 3 is 1.97 bits per heavy atom. The van der Waals surface area contributed by atoms with Crippen LogP contribution in [0.4, 0.5) is 0 Å². The third-order valence-electron chi connectivity index (χ3n) is 6.06. The Hall–Kier alpha value is -2.10. The van der Waals surface area contributed by atoms with Crippen molar-refractivity contribution >= 4 is 11.8 Å². The van der Waals surface area contributed by atoms with Crippen LogP contribution in [-0.2, 0) is 15.0 Å². The molecule has 1 N–H and O–H groups in total. The van der Waals surface area contributed by atoms with Crippen molar-refractivity contribution in [2.75, 3.05) is 13.6 Å². The van der Waals surface area contributed by atoms with Crippen LogP contribution in [0.2, 0.25) is 0 Å². The van der Waals surface area contributed by atoms with Crippen molar-refractivity contribution in [1.29, 1.82) is 0 Å². The van der Waals surface area contributed by atoms with Crippen LogP contribution in [0.5, 0.6) is 0 Å². The highest BCUT2D eigenvalue weighted by atomic mass is 16.2. The van der Waals surface area contributed by atoms with E-state index in [-0.39, 0.29) is 35.7 Å². The van der Waals surface area contributed by atoms with Gasteiger partial charge in [-0.3, -0.25) is 9.59 Å². The van der Waals surface area contributed by atoms with E-state index in [4.69, 9.17) is 0 Å². The molecule has 0 aliphatic carbocycles. The zero-order valence-corrected chi connectivity index (χ0v) is 23.2. The first kappa shape index (κ1) is 30.9. The quantitative estimate of drug-likeness (QED) is 0.401. The summed E-state index contributed by atoms with van der Waals surface area (Å²) in [5, 5.41) is 2.90. The lowest BCUT2D eigenvalue weighted by Gasteiger charge is -2.34. The summed E-state index contributed by atoms with van der Waals surface area (Å²) < 4.78 is 0. The number of nitrogens with one attached hydrogen (secondary N) is 1. The standard InChI is InChI=1S/C25H40N2O2.C4H10/c1-9-19(5)16-22(18(3)4)27(8)23(28)17-26-24(29)21(10-2)25(6,7)20-14-12-11-13-15-20;1-4(2)3/h11-16,18,21-22H,9-10,17H2,1-8H3,(H,26,29);4H,1-3H3/b19-16+;/t21-,22-;/m1./s1. The molecule has 0 heterocycles. The normalized spacial score (nSPS) is 13.8. The number of likely N-dealkylation sites (N-methyl/N-ethyl adjacent to an activating group) is 1. The van der Waals surface area contributed by atoms with Crippen molar-refractivity contribution in [2.24, 2.45) is 17.8 Å². The lowest BCUT2D eigenvalue weighted by Crippen LogP contribution is -2.47. The minimum atomic E-state index is -0.309. The van der Waals surface area contributed by atoms with Crippen LogP contribution in [0.3, 0.4) is 0 Å². The Balaban J connectivity index is 0.00000235. The number of carbonyl (C=O) groups excluding carboxylic acids is 2. The summed E-state index contributed by atoms with van der Waals surface area (Å²) in [6.45, 7) is 21.2. The summed E-state index contributed by atoms with van der Waals surface area (Å²) in [6.07, 6.45) is 3.84. The van der Waals surface area contributed by atoms with Crippen molar-refractivity contribution in [1.82, 2.24) is 10.2 Å². The first-order chi connectivity index (χ1) is 15.3. The zero-order chi connectivity index (χ0) is 25.8. The van der Waals surface area contributed by atoms with Gasteiger partial charge in [-0.05, 0) is 37.2 Å². The Morgan fingerprint density at radius 1 is 1.03 bits per heavy atom. The molecule has 0 saturated carbocycles. The molecule has 4 nitrogen and oxygen atoms in total. The number of hydrogen-bond acceptors (Lipinski definition) is 2. The van der Waals surface area contributed by atoms with Gasteiger partial charge in [0, 0.05) is 18.4 Å². The Labute approximate surface area is 204 Å².